The zero-order valence-corrected chi connectivity index (χ0v) is 15.9. The summed E-state index contributed by atoms with van der Waals surface area (Å²) in [5.74, 6) is -0.619. The van der Waals surface area contributed by atoms with Gasteiger partial charge in [-0.2, -0.15) is 28.5 Å². The van der Waals surface area contributed by atoms with Crippen LogP contribution in [0.1, 0.15) is 56.0 Å². The first-order chi connectivity index (χ1) is 13.4. The van der Waals surface area contributed by atoms with E-state index in [1.807, 2.05) is 6.07 Å². The molecule has 3 fully saturated rings. The molecular weight excluding hydrogens is 387 g/mol. The molecule has 0 unspecified atom stereocenters. The molecule has 2 bridgehead atoms. The predicted molar refractivity (Wildman–Crippen MR) is 94.5 cm³/mol. The summed E-state index contributed by atoms with van der Waals surface area (Å²) in [6.07, 6.45) is -1.47. The van der Waals surface area contributed by atoms with Crippen LogP contribution in [0.3, 0.4) is 0 Å². The number of carbonyl (C=O) groups is 1. The number of carbonyl (C=O) groups excluding carboxylic acids is 1. The molecule has 3 N–H and O–H groups in total. The van der Waals surface area contributed by atoms with Crippen LogP contribution in [0.4, 0.5) is 13.2 Å². The number of hydrogen-bond acceptors (Lipinski definition) is 5. The number of primary amides is 1. The highest BCUT2D eigenvalue weighted by molar-refractivity contribution is 5.86. The third-order valence-electron chi connectivity index (χ3n) is 6.99. The van der Waals surface area contributed by atoms with Crippen LogP contribution in [-0.4, -0.2) is 37.2 Å². The van der Waals surface area contributed by atoms with Gasteiger partial charge in [0.05, 0.1) is 23.0 Å². The Morgan fingerprint density at radius 2 is 2.00 bits per heavy atom. The van der Waals surface area contributed by atoms with Crippen molar-refractivity contribution in [1.82, 2.24) is 20.0 Å². The van der Waals surface area contributed by atoms with Crippen LogP contribution >= 0.6 is 0 Å². The van der Waals surface area contributed by atoms with Crippen LogP contribution in [0.25, 0.3) is 11.3 Å². The number of aliphatic hydroxyl groups is 1. The highest BCUT2D eigenvalue weighted by atomic mass is 19.4. The number of rotatable bonds is 3. The quantitative estimate of drug-likeness (QED) is 0.811. The van der Waals surface area contributed by atoms with Crippen LogP contribution in [0.5, 0.6) is 0 Å². The van der Waals surface area contributed by atoms with E-state index in [-0.39, 0.29) is 17.2 Å². The van der Waals surface area contributed by atoms with Gasteiger partial charge in [0.25, 0.3) is 0 Å². The lowest BCUT2D eigenvalue weighted by Gasteiger charge is -2.68. The molecule has 0 saturated heterocycles. The maximum absolute atomic E-state index is 13.5. The standard InChI is InChI=1S/C19H20F3N5O2/c1-9-5-27-11(3-12(26-27)17-6-18(7-17,8-17)15(23)28)10-4-24-25-14(13(9)10)16(2,29)19(20,21)22/h3-4,9,29H,5-8H2,1-2H3,(H2,23,28)/t9-,16+,17?,18?/m0/s1. The Balaban J connectivity index is 1.58. The molecule has 4 aliphatic rings. The maximum atomic E-state index is 13.5. The lowest BCUT2D eigenvalue weighted by Crippen LogP contribution is -2.69. The van der Waals surface area contributed by atoms with Crippen LogP contribution in [0.15, 0.2) is 12.3 Å². The zero-order valence-electron chi connectivity index (χ0n) is 15.9. The summed E-state index contributed by atoms with van der Waals surface area (Å²) in [6, 6.07) is 1.86. The van der Waals surface area contributed by atoms with E-state index in [1.54, 1.807) is 11.6 Å². The van der Waals surface area contributed by atoms with Crippen LogP contribution in [0, 0.1) is 5.41 Å². The highest BCUT2D eigenvalue weighted by Crippen LogP contribution is 2.73. The first kappa shape index (κ1) is 18.5. The maximum Gasteiger partial charge on any atom is 0.422 e. The molecule has 1 amide bonds. The zero-order chi connectivity index (χ0) is 21.0. The van der Waals surface area contributed by atoms with E-state index in [1.165, 1.54) is 6.20 Å². The van der Waals surface area contributed by atoms with Gasteiger partial charge < -0.3 is 10.8 Å². The van der Waals surface area contributed by atoms with Crippen LogP contribution < -0.4 is 5.73 Å². The third kappa shape index (κ3) is 2.18. The highest BCUT2D eigenvalue weighted by Gasteiger charge is 2.72. The van der Waals surface area contributed by atoms with E-state index in [4.69, 9.17) is 10.8 Å². The molecule has 2 aromatic heterocycles. The molecule has 0 radical (unpaired) electrons. The van der Waals surface area contributed by atoms with Gasteiger partial charge in [-0.15, -0.1) is 0 Å². The molecule has 29 heavy (non-hydrogen) atoms. The van der Waals surface area contributed by atoms with E-state index >= 15 is 0 Å². The molecular formula is C19H20F3N5O2. The fraction of sp³-hybridized carbons (Fsp3) is 0.579. The summed E-state index contributed by atoms with van der Waals surface area (Å²) in [5, 5.41) is 22.3. The third-order valence-corrected chi connectivity index (χ3v) is 6.99. The molecule has 7 nitrogen and oxygen atoms in total. The normalized spacial score (nSPS) is 31.7. The lowest BCUT2D eigenvalue weighted by atomic mass is 9.34. The molecule has 10 heteroatoms. The van der Waals surface area contributed by atoms with Gasteiger partial charge in [0.15, 0.2) is 0 Å². The van der Waals surface area contributed by atoms with Crippen molar-refractivity contribution in [2.24, 2.45) is 11.1 Å². The second-order valence-corrected chi connectivity index (χ2v) is 9.04. The van der Waals surface area contributed by atoms with Gasteiger partial charge in [-0.25, -0.2) is 0 Å². The Morgan fingerprint density at radius 3 is 2.59 bits per heavy atom. The first-order valence-electron chi connectivity index (χ1n) is 9.44. The number of alkyl halides is 3. The summed E-state index contributed by atoms with van der Waals surface area (Å²) >= 11 is 0. The minimum absolute atomic E-state index is 0.177. The summed E-state index contributed by atoms with van der Waals surface area (Å²) < 4.78 is 42.1. The van der Waals surface area contributed by atoms with Gasteiger partial charge in [0.2, 0.25) is 11.5 Å². The fourth-order valence-corrected chi connectivity index (χ4v) is 5.30. The summed E-state index contributed by atoms with van der Waals surface area (Å²) in [4.78, 5) is 11.6. The fourth-order valence-electron chi connectivity index (χ4n) is 5.30. The molecule has 3 saturated carbocycles. The van der Waals surface area contributed by atoms with Crippen molar-refractivity contribution in [2.45, 2.75) is 62.8 Å². The molecule has 0 aromatic carbocycles. The number of fused-ring (bicyclic) bond motifs is 3. The lowest BCUT2D eigenvalue weighted by molar-refractivity contribution is -0.260. The Bertz CT molecular complexity index is 1040. The largest absolute Gasteiger partial charge is 0.422 e. The van der Waals surface area contributed by atoms with Gasteiger partial charge in [-0.3, -0.25) is 9.48 Å². The molecule has 6 rings (SSSR count). The average molecular weight is 407 g/mol. The van der Waals surface area contributed by atoms with Gasteiger partial charge >= 0.3 is 6.18 Å². The smallest absolute Gasteiger partial charge is 0.375 e. The van der Waals surface area contributed by atoms with Crippen LogP contribution in [-0.2, 0) is 22.4 Å². The van der Waals surface area contributed by atoms with Crippen molar-refractivity contribution in [3.8, 4) is 11.3 Å². The van der Waals surface area contributed by atoms with Gasteiger partial charge in [-0.1, -0.05) is 6.92 Å². The number of nitrogens with zero attached hydrogens (tertiary/aromatic N) is 4. The Morgan fingerprint density at radius 1 is 1.34 bits per heavy atom. The molecule has 154 valence electrons. The van der Waals surface area contributed by atoms with E-state index < -0.39 is 22.9 Å². The predicted octanol–water partition coefficient (Wildman–Crippen LogP) is 2.13. The first-order valence-corrected chi connectivity index (χ1v) is 9.44. The monoisotopic (exact) mass is 407 g/mol. The Labute approximate surface area is 164 Å². The average Bonchev–Trinajstić information content (AvgIpc) is 2.94. The summed E-state index contributed by atoms with van der Waals surface area (Å²) in [5.41, 5.74) is 3.63. The molecule has 2 aromatic rings. The second kappa shape index (κ2) is 5.16. The molecule has 3 aliphatic carbocycles. The number of amides is 1. The number of halogens is 3. The number of hydrogen-bond donors (Lipinski definition) is 2. The van der Waals surface area contributed by atoms with Crippen molar-refractivity contribution in [1.29, 1.82) is 0 Å². The summed E-state index contributed by atoms with van der Waals surface area (Å²) in [7, 11) is 0. The minimum Gasteiger partial charge on any atom is -0.375 e. The Hall–Kier alpha value is -2.49. The van der Waals surface area contributed by atoms with E-state index in [0.29, 0.717) is 49.6 Å². The molecule has 2 atom stereocenters. The number of aromatic nitrogens is 4. The van der Waals surface area contributed by atoms with Crippen LogP contribution in [0.2, 0.25) is 0 Å². The molecule has 1 aliphatic heterocycles. The second-order valence-electron chi connectivity index (χ2n) is 9.04. The van der Waals surface area contributed by atoms with Crippen molar-refractivity contribution >= 4 is 5.91 Å². The molecule has 3 heterocycles. The van der Waals surface area contributed by atoms with Crippen molar-refractivity contribution in [2.75, 3.05) is 0 Å². The van der Waals surface area contributed by atoms with E-state index in [0.717, 1.165) is 5.69 Å². The van der Waals surface area contributed by atoms with E-state index in [9.17, 15) is 23.1 Å². The van der Waals surface area contributed by atoms with Crippen molar-refractivity contribution < 1.29 is 23.1 Å². The number of nitrogens with two attached hydrogens (primary N) is 1. The van der Waals surface area contributed by atoms with Gasteiger partial charge in [0.1, 0.15) is 5.69 Å². The minimum atomic E-state index is -4.88. The SMILES string of the molecule is C[C@H]1Cn2nc(C34CC(C(N)=O)(C3)C4)cc2-c2cnnc([C@@](C)(O)C(F)(F)F)c21. The Kier molecular flexibility index (Phi) is 3.30. The molecule has 0 spiro atoms. The van der Waals surface area contributed by atoms with Gasteiger partial charge in [0, 0.05) is 23.4 Å². The summed E-state index contributed by atoms with van der Waals surface area (Å²) in [6.45, 7) is 2.85. The van der Waals surface area contributed by atoms with E-state index in [2.05, 4.69) is 10.2 Å². The van der Waals surface area contributed by atoms with Crippen molar-refractivity contribution in [3.63, 3.8) is 0 Å². The van der Waals surface area contributed by atoms with Crippen molar-refractivity contribution in [3.05, 3.63) is 29.2 Å². The van der Waals surface area contributed by atoms with Gasteiger partial charge in [-0.05, 0) is 37.8 Å². The topological polar surface area (TPSA) is 107 Å².